The molecule has 0 heterocycles. The van der Waals surface area contributed by atoms with Gasteiger partial charge in [0, 0.05) is 16.9 Å². The molecule has 5 nitrogen and oxygen atoms in total. The summed E-state index contributed by atoms with van der Waals surface area (Å²) in [7, 11) is 3.19. The highest BCUT2D eigenvalue weighted by atomic mass is 16.5. The van der Waals surface area contributed by atoms with Gasteiger partial charge in [-0.15, -0.1) is 0 Å². The zero-order valence-electron chi connectivity index (χ0n) is 15.3. The van der Waals surface area contributed by atoms with E-state index < -0.39 is 0 Å². The monoisotopic (exact) mass is 363 g/mol. The number of anilines is 2. The summed E-state index contributed by atoms with van der Waals surface area (Å²) in [6.45, 7) is -0.0464. The molecule has 0 aliphatic carbocycles. The fourth-order valence-corrected chi connectivity index (χ4v) is 2.73. The fraction of sp³-hybridized carbons (Fsp3) is 0.136. The number of ether oxygens (including phenoxy) is 2. The second-order valence-electron chi connectivity index (χ2n) is 5.89. The molecule has 27 heavy (non-hydrogen) atoms. The molecule has 0 saturated heterocycles. The highest BCUT2D eigenvalue weighted by Gasteiger charge is 2.20. The van der Waals surface area contributed by atoms with Gasteiger partial charge in [0.25, 0.3) is 5.91 Å². The number of rotatable bonds is 6. The number of hydrogen-bond donors (Lipinski definition) is 1. The summed E-state index contributed by atoms with van der Waals surface area (Å²) >= 11 is 0. The average Bonchev–Trinajstić information content (AvgIpc) is 2.75. The minimum atomic E-state index is -0.167. The van der Waals surface area contributed by atoms with E-state index in [1.807, 2.05) is 36.4 Å². The molecule has 0 aliphatic rings. The SMILES string of the molecule is COc1ccc(C(=O)N(c2ccc(CO)cc2)c2ccc(OC)cc2)cc1. The predicted molar refractivity (Wildman–Crippen MR) is 105 cm³/mol. The maximum absolute atomic E-state index is 13.3. The van der Waals surface area contributed by atoms with E-state index >= 15 is 0 Å². The molecule has 3 rings (SSSR count). The van der Waals surface area contributed by atoms with Crippen molar-refractivity contribution < 1.29 is 19.4 Å². The summed E-state index contributed by atoms with van der Waals surface area (Å²) < 4.78 is 10.4. The smallest absolute Gasteiger partial charge is 0.262 e. The van der Waals surface area contributed by atoms with E-state index in [2.05, 4.69) is 0 Å². The molecule has 0 spiro atoms. The van der Waals surface area contributed by atoms with Crippen molar-refractivity contribution in [1.29, 1.82) is 0 Å². The van der Waals surface area contributed by atoms with Crippen LogP contribution in [0.4, 0.5) is 11.4 Å². The molecule has 0 bridgehead atoms. The largest absolute Gasteiger partial charge is 0.497 e. The predicted octanol–water partition coefficient (Wildman–Crippen LogP) is 4.17. The normalized spacial score (nSPS) is 10.3. The summed E-state index contributed by atoms with van der Waals surface area (Å²) in [4.78, 5) is 14.9. The molecule has 0 atom stereocenters. The van der Waals surface area contributed by atoms with Crippen LogP contribution in [0.1, 0.15) is 15.9 Å². The quantitative estimate of drug-likeness (QED) is 0.714. The van der Waals surface area contributed by atoms with Crippen LogP contribution in [0, 0.1) is 0 Å². The molecule has 0 radical (unpaired) electrons. The average molecular weight is 363 g/mol. The van der Waals surface area contributed by atoms with Gasteiger partial charge in [0.15, 0.2) is 0 Å². The van der Waals surface area contributed by atoms with Crippen LogP contribution in [-0.2, 0) is 6.61 Å². The third-order valence-electron chi connectivity index (χ3n) is 4.25. The molecule has 0 fully saturated rings. The van der Waals surface area contributed by atoms with Crippen molar-refractivity contribution in [1.82, 2.24) is 0 Å². The first-order valence-corrected chi connectivity index (χ1v) is 8.48. The van der Waals surface area contributed by atoms with Crippen LogP contribution < -0.4 is 14.4 Å². The van der Waals surface area contributed by atoms with Gasteiger partial charge < -0.3 is 14.6 Å². The van der Waals surface area contributed by atoms with Crippen LogP contribution >= 0.6 is 0 Å². The molecule has 3 aromatic rings. The van der Waals surface area contributed by atoms with E-state index in [1.54, 1.807) is 55.5 Å². The second-order valence-corrected chi connectivity index (χ2v) is 5.89. The number of amides is 1. The van der Waals surface area contributed by atoms with E-state index in [9.17, 15) is 9.90 Å². The number of nitrogens with zero attached hydrogens (tertiary/aromatic N) is 1. The van der Waals surface area contributed by atoms with Crippen LogP contribution in [-0.4, -0.2) is 25.2 Å². The van der Waals surface area contributed by atoms with Crippen molar-refractivity contribution in [2.75, 3.05) is 19.1 Å². The topological polar surface area (TPSA) is 59.0 Å². The Bertz CT molecular complexity index is 840. The van der Waals surface area contributed by atoms with Crippen LogP contribution in [0.15, 0.2) is 72.8 Å². The third kappa shape index (κ3) is 4.10. The van der Waals surface area contributed by atoms with Crippen molar-refractivity contribution in [3.63, 3.8) is 0 Å². The van der Waals surface area contributed by atoms with Crippen molar-refractivity contribution in [2.24, 2.45) is 0 Å². The van der Waals surface area contributed by atoms with Gasteiger partial charge in [0.2, 0.25) is 0 Å². The molecule has 1 N–H and O–H groups in total. The van der Waals surface area contributed by atoms with Crippen LogP contribution in [0.2, 0.25) is 0 Å². The molecular weight excluding hydrogens is 342 g/mol. The Balaban J connectivity index is 2.02. The maximum Gasteiger partial charge on any atom is 0.262 e. The zero-order valence-corrected chi connectivity index (χ0v) is 15.3. The molecule has 5 heteroatoms. The Morgan fingerprint density at radius 1 is 0.778 bits per heavy atom. The van der Waals surface area contributed by atoms with Gasteiger partial charge in [-0.1, -0.05) is 12.1 Å². The van der Waals surface area contributed by atoms with Crippen LogP contribution in [0.5, 0.6) is 11.5 Å². The Hall–Kier alpha value is -3.31. The molecular formula is C22H21NO4. The Labute approximate surface area is 158 Å². The van der Waals surface area contributed by atoms with Gasteiger partial charge in [0.05, 0.1) is 20.8 Å². The lowest BCUT2D eigenvalue weighted by Crippen LogP contribution is -2.25. The summed E-state index contributed by atoms with van der Waals surface area (Å²) in [6.07, 6.45) is 0. The zero-order chi connectivity index (χ0) is 19.2. The Morgan fingerprint density at radius 2 is 1.22 bits per heavy atom. The lowest BCUT2D eigenvalue weighted by molar-refractivity contribution is 0.0999. The molecule has 0 aromatic heterocycles. The van der Waals surface area contributed by atoms with Crippen molar-refractivity contribution in [3.05, 3.63) is 83.9 Å². The standard InChI is InChI=1S/C22H21NO4/c1-26-20-11-5-17(6-12-20)22(25)23(18-7-3-16(15-24)4-8-18)19-9-13-21(27-2)14-10-19/h3-14,24H,15H2,1-2H3. The second kappa shape index (κ2) is 8.38. The van der Waals surface area contributed by atoms with Gasteiger partial charge in [-0.25, -0.2) is 0 Å². The van der Waals surface area contributed by atoms with Gasteiger partial charge in [-0.3, -0.25) is 9.69 Å². The van der Waals surface area contributed by atoms with Crippen LogP contribution in [0.3, 0.4) is 0 Å². The van der Waals surface area contributed by atoms with Crippen molar-refractivity contribution >= 4 is 17.3 Å². The molecule has 0 saturated carbocycles. The van der Waals surface area contributed by atoms with Gasteiger partial charge in [-0.2, -0.15) is 0 Å². The van der Waals surface area contributed by atoms with Crippen LogP contribution in [0.25, 0.3) is 0 Å². The first-order valence-electron chi connectivity index (χ1n) is 8.48. The molecule has 138 valence electrons. The molecule has 3 aromatic carbocycles. The summed E-state index contributed by atoms with van der Waals surface area (Å²) in [5.74, 6) is 1.24. The Morgan fingerprint density at radius 3 is 1.67 bits per heavy atom. The van der Waals surface area contributed by atoms with E-state index in [-0.39, 0.29) is 12.5 Å². The fourth-order valence-electron chi connectivity index (χ4n) is 2.73. The van der Waals surface area contributed by atoms with E-state index in [1.165, 1.54) is 0 Å². The minimum absolute atomic E-state index is 0.0464. The Kier molecular flexibility index (Phi) is 5.74. The summed E-state index contributed by atoms with van der Waals surface area (Å²) in [5.41, 5.74) is 2.75. The highest BCUT2D eigenvalue weighted by molar-refractivity contribution is 6.11. The summed E-state index contributed by atoms with van der Waals surface area (Å²) in [6, 6.07) is 21.5. The minimum Gasteiger partial charge on any atom is -0.497 e. The molecule has 0 unspecified atom stereocenters. The lowest BCUT2D eigenvalue weighted by Gasteiger charge is -2.24. The van der Waals surface area contributed by atoms with Gasteiger partial charge in [0.1, 0.15) is 11.5 Å². The van der Waals surface area contributed by atoms with E-state index in [0.29, 0.717) is 28.4 Å². The highest BCUT2D eigenvalue weighted by Crippen LogP contribution is 2.30. The third-order valence-corrected chi connectivity index (χ3v) is 4.25. The molecule has 1 amide bonds. The van der Waals surface area contributed by atoms with Crippen molar-refractivity contribution in [3.8, 4) is 11.5 Å². The van der Waals surface area contributed by atoms with Gasteiger partial charge in [-0.05, 0) is 66.2 Å². The van der Waals surface area contributed by atoms with Crippen molar-refractivity contribution in [2.45, 2.75) is 6.61 Å². The number of aliphatic hydroxyl groups excluding tert-OH is 1. The number of methoxy groups -OCH3 is 2. The van der Waals surface area contributed by atoms with Gasteiger partial charge >= 0.3 is 0 Å². The molecule has 0 aliphatic heterocycles. The number of hydrogen-bond acceptors (Lipinski definition) is 4. The first kappa shape index (κ1) is 18.5. The number of carbonyl (C=O) groups is 1. The number of carbonyl (C=O) groups excluding carboxylic acids is 1. The van der Waals surface area contributed by atoms with E-state index in [4.69, 9.17) is 9.47 Å². The number of aliphatic hydroxyl groups is 1. The number of benzene rings is 3. The first-order chi connectivity index (χ1) is 13.2. The summed E-state index contributed by atoms with van der Waals surface area (Å²) in [5, 5.41) is 9.27. The maximum atomic E-state index is 13.3. The lowest BCUT2D eigenvalue weighted by atomic mass is 10.1. The van der Waals surface area contributed by atoms with E-state index in [0.717, 1.165) is 5.56 Å².